The summed E-state index contributed by atoms with van der Waals surface area (Å²) in [6.07, 6.45) is 4.33. The minimum atomic E-state index is 0.00355. The van der Waals surface area contributed by atoms with Gasteiger partial charge in [-0.25, -0.2) is 9.97 Å². The van der Waals surface area contributed by atoms with Crippen LogP contribution in [0.2, 0.25) is 0 Å². The van der Waals surface area contributed by atoms with Crippen LogP contribution in [0.1, 0.15) is 37.6 Å². The molecule has 1 saturated carbocycles. The van der Waals surface area contributed by atoms with Crippen molar-refractivity contribution >= 4 is 11.6 Å². The number of hydrogen-bond donors (Lipinski definition) is 2. The number of hydrogen-bond acceptors (Lipinski definition) is 5. The molecule has 0 saturated heterocycles. The molecule has 2 N–H and O–H groups in total. The Morgan fingerprint density at radius 1 is 1.26 bits per heavy atom. The van der Waals surface area contributed by atoms with E-state index in [4.69, 9.17) is 4.74 Å². The van der Waals surface area contributed by atoms with Crippen LogP contribution < -0.4 is 10.6 Å². The Kier molecular flexibility index (Phi) is 4.24. The third kappa shape index (κ3) is 2.81. The van der Waals surface area contributed by atoms with Gasteiger partial charge in [0.2, 0.25) is 0 Å². The van der Waals surface area contributed by atoms with Crippen molar-refractivity contribution in [2.24, 2.45) is 0 Å². The van der Waals surface area contributed by atoms with Gasteiger partial charge < -0.3 is 15.4 Å². The average molecular weight is 264 g/mol. The van der Waals surface area contributed by atoms with E-state index in [1.165, 1.54) is 6.42 Å². The van der Waals surface area contributed by atoms with Gasteiger partial charge in [-0.15, -0.1) is 0 Å². The van der Waals surface area contributed by atoms with Crippen molar-refractivity contribution < 1.29 is 4.74 Å². The van der Waals surface area contributed by atoms with Gasteiger partial charge in [0.05, 0.1) is 5.60 Å². The van der Waals surface area contributed by atoms with E-state index in [9.17, 15) is 0 Å². The van der Waals surface area contributed by atoms with Crippen molar-refractivity contribution in [1.82, 2.24) is 9.97 Å². The average Bonchev–Trinajstić information content (AvgIpc) is 2.39. The molecule has 2 rings (SSSR count). The molecule has 5 nitrogen and oxygen atoms in total. The van der Waals surface area contributed by atoms with Crippen molar-refractivity contribution in [3.05, 3.63) is 11.4 Å². The number of nitrogens with zero attached hydrogens (tertiary/aromatic N) is 2. The summed E-state index contributed by atoms with van der Waals surface area (Å²) in [7, 11) is 3.69. The molecule has 0 aromatic carbocycles. The number of nitrogens with one attached hydrogen (secondary N) is 2. The number of aryl methyl sites for hydroxylation is 1. The quantitative estimate of drug-likeness (QED) is 0.826. The Hall–Kier alpha value is -1.36. The van der Waals surface area contributed by atoms with Crippen LogP contribution in [0, 0.1) is 6.92 Å². The molecule has 1 aliphatic rings. The van der Waals surface area contributed by atoms with Crippen LogP contribution in [-0.4, -0.2) is 36.3 Å². The lowest BCUT2D eigenvalue weighted by atomic mass is 9.80. The first kappa shape index (κ1) is 14.1. The Balaban J connectivity index is 2.14. The van der Waals surface area contributed by atoms with Gasteiger partial charge in [-0.05, 0) is 26.2 Å². The smallest absolute Gasteiger partial charge is 0.134 e. The van der Waals surface area contributed by atoms with Gasteiger partial charge in [0, 0.05) is 32.7 Å². The van der Waals surface area contributed by atoms with Gasteiger partial charge in [-0.3, -0.25) is 0 Å². The molecule has 0 atom stereocenters. The zero-order valence-corrected chi connectivity index (χ0v) is 12.3. The second kappa shape index (κ2) is 5.74. The Labute approximate surface area is 115 Å². The van der Waals surface area contributed by atoms with Gasteiger partial charge in [0.15, 0.2) is 0 Å². The molecule has 0 unspecified atom stereocenters. The van der Waals surface area contributed by atoms with Crippen molar-refractivity contribution in [2.75, 3.05) is 31.3 Å². The summed E-state index contributed by atoms with van der Waals surface area (Å²) in [6.45, 7) is 4.91. The molecule has 0 radical (unpaired) electrons. The van der Waals surface area contributed by atoms with Gasteiger partial charge in [0.1, 0.15) is 17.5 Å². The maximum atomic E-state index is 5.63. The minimum absolute atomic E-state index is 0.00355. The van der Waals surface area contributed by atoms with Gasteiger partial charge in [-0.1, -0.05) is 6.92 Å². The fourth-order valence-corrected chi connectivity index (χ4v) is 2.41. The molecule has 1 aromatic rings. The molecular weight excluding hydrogens is 240 g/mol. The van der Waals surface area contributed by atoms with E-state index >= 15 is 0 Å². The maximum Gasteiger partial charge on any atom is 0.134 e. The number of aromatic nitrogens is 2. The van der Waals surface area contributed by atoms with Crippen LogP contribution in [0.15, 0.2) is 0 Å². The molecule has 1 heterocycles. The number of methoxy groups -OCH3 is 1. The number of ether oxygens (including phenoxy) is 1. The Morgan fingerprint density at radius 2 is 1.95 bits per heavy atom. The second-order valence-electron chi connectivity index (χ2n) is 5.16. The van der Waals surface area contributed by atoms with E-state index in [1.54, 1.807) is 7.11 Å². The van der Waals surface area contributed by atoms with Crippen molar-refractivity contribution in [3.8, 4) is 0 Å². The third-order valence-electron chi connectivity index (χ3n) is 4.02. The summed E-state index contributed by atoms with van der Waals surface area (Å²) in [4.78, 5) is 9.05. The first-order valence-corrected chi connectivity index (χ1v) is 6.98. The first-order valence-electron chi connectivity index (χ1n) is 6.98. The van der Waals surface area contributed by atoms with Gasteiger partial charge >= 0.3 is 0 Å². The summed E-state index contributed by atoms with van der Waals surface area (Å²) in [5.41, 5.74) is 1.06. The highest BCUT2D eigenvalue weighted by Gasteiger charge is 2.36. The number of anilines is 2. The van der Waals surface area contributed by atoms with Crippen molar-refractivity contribution in [1.29, 1.82) is 0 Å². The van der Waals surface area contributed by atoms with E-state index in [0.29, 0.717) is 0 Å². The zero-order chi connectivity index (χ0) is 13.9. The normalized spacial score (nSPS) is 16.8. The summed E-state index contributed by atoms with van der Waals surface area (Å²) in [5.74, 6) is 2.67. The standard InChI is InChI=1S/C14H24N4O/c1-5-11-17-12(15-3)10(2)13(18-11)16-9-14(19-4)7-6-8-14/h5-9H2,1-4H3,(H2,15,16,17,18). The van der Waals surface area contributed by atoms with Gasteiger partial charge in [-0.2, -0.15) is 0 Å². The highest BCUT2D eigenvalue weighted by molar-refractivity contribution is 5.57. The molecule has 0 aliphatic heterocycles. The molecule has 5 heteroatoms. The molecule has 19 heavy (non-hydrogen) atoms. The predicted molar refractivity (Wildman–Crippen MR) is 77.8 cm³/mol. The lowest BCUT2D eigenvalue weighted by Crippen LogP contribution is -2.45. The highest BCUT2D eigenvalue weighted by atomic mass is 16.5. The summed E-state index contributed by atoms with van der Waals surface area (Å²) < 4.78 is 5.63. The Bertz CT molecular complexity index is 438. The lowest BCUT2D eigenvalue weighted by molar-refractivity contribution is -0.0601. The lowest BCUT2D eigenvalue weighted by Gasteiger charge is -2.40. The number of rotatable bonds is 6. The zero-order valence-electron chi connectivity index (χ0n) is 12.3. The highest BCUT2D eigenvalue weighted by Crippen LogP contribution is 2.35. The monoisotopic (exact) mass is 264 g/mol. The van der Waals surface area contributed by atoms with E-state index in [-0.39, 0.29) is 5.60 Å². The minimum Gasteiger partial charge on any atom is -0.376 e. The van der Waals surface area contributed by atoms with Crippen LogP contribution in [-0.2, 0) is 11.2 Å². The van der Waals surface area contributed by atoms with Crippen molar-refractivity contribution in [3.63, 3.8) is 0 Å². The topological polar surface area (TPSA) is 59.1 Å². The van der Waals surface area contributed by atoms with E-state index in [2.05, 4.69) is 27.5 Å². The van der Waals surface area contributed by atoms with E-state index in [1.807, 2.05) is 14.0 Å². The summed E-state index contributed by atoms with van der Waals surface area (Å²) in [6, 6.07) is 0. The van der Waals surface area contributed by atoms with E-state index < -0.39 is 0 Å². The van der Waals surface area contributed by atoms with Crippen LogP contribution in [0.25, 0.3) is 0 Å². The first-order chi connectivity index (χ1) is 9.14. The predicted octanol–water partition coefficient (Wildman–Crippen LogP) is 2.37. The molecule has 0 bridgehead atoms. The molecule has 1 fully saturated rings. The van der Waals surface area contributed by atoms with Crippen LogP contribution in [0.5, 0.6) is 0 Å². The molecule has 0 amide bonds. The molecule has 1 aromatic heterocycles. The summed E-state index contributed by atoms with van der Waals surface area (Å²) in [5, 5.41) is 6.57. The van der Waals surface area contributed by atoms with E-state index in [0.717, 1.165) is 48.8 Å². The maximum absolute atomic E-state index is 5.63. The fourth-order valence-electron chi connectivity index (χ4n) is 2.41. The van der Waals surface area contributed by atoms with Crippen LogP contribution in [0.3, 0.4) is 0 Å². The van der Waals surface area contributed by atoms with Gasteiger partial charge in [0.25, 0.3) is 0 Å². The molecular formula is C14H24N4O. The molecule has 1 aliphatic carbocycles. The third-order valence-corrected chi connectivity index (χ3v) is 4.02. The Morgan fingerprint density at radius 3 is 2.42 bits per heavy atom. The molecule has 106 valence electrons. The largest absolute Gasteiger partial charge is 0.376 e. The second-order valence-corrected chi connectivity index (χ2v) is 5.16. The SMILES string of the molecule is CCc1nc(NC)c(C)c(NCC2(OC)CCC2)n1. The summed E-state index contributed by atoms with van der Waals surface area (Å²) >= 11 is 0. The van der Waals surface area contributed by atoms with Crippen molar-refractivity contribution in [2.45, 2.75) is 45.1 Å². The molecule has 0 spiro atoms. The fraction of sp³-hybridized carbons (Fsp3) is 0.714. The van der Waals surface area contributed by atoms with Crippen LogP contribution >= 0.6 is 0 Å². The van der Waals surface area contributed by atoms with Crippen LogP contribution in [0.4, 0.5) is 11.6 Å².